The Kier molecular flexibility index (Phi) is 5.05. The molecule has 0 amide bonds. The fraction of sp³-hybridized carbons (Fsp3) is 0.400. The first-order chi connectivity index (χ1) is 6.95. The molecule has 5 heteroatoms. The van der Waals surface area contributed by atoms with E-state index in [0.29, 0.717) is 0 Å². The third-order valence-corrected chi connectivity index (χ3v) is 1.87. The SMILES string of the molecule is C(#CC1CNCCO1)c1cncnc1.Cl. The molecular formula is C10H12ClN3O. The molecule has 15 heavy (non-hydrogen) atoms. The molecule has 4 nitrogen and oxygen atoms in total. The molecular weight excluding hydrogens is 214 g/mol. The Morgan fingerprint density at radius 1 is 1.40 bits per heavy atom. The second-order valence-corrected chi connectivity index (χ2v) is 2.96. The summed E-state index contributed by atoms with van der Waals surface area (Å²) in [4.78, 5) is 7.76. The number of nitrogens with zero attached hydrogens (tertiary/aromatic N) is 2. The highest BCUT2D eigenvalue weighted by Gasteiger charge is 2.08. The van der Waals surface area contributed by atoms with Gasteiger partial charge in [-0.15, -0.1) is 12.4 Å². The first kappa shape index (κ1) is 11.9. The Labute approximate surface area is 94.9 Å². The van der Waals surface area contributed by atoms with Gasteiger partial charge in [-0.2, -0.15) is 0 Å². The summed E-state index contributed by atoms with van der Waals surface area (Å²) in [7, 11) is 0. The average Bonchev–Trinajstić information content (AvgIpc) is 2.29. The van der Waals surface area contributed by atoms with Gasteiger partial charge < -0.3 is 10.1 Å². The van der Waals surface area contributed by atoms with Gasteiger partial charge in [-0.25, -0.2) is 9.97 Å². The van der Waals surface area contributed by atoms with E-state index in [4.69, 9.17) is 4.74 Å². The molecule has 0 spiro atoms. The maximum absolute atomic E-state index is 5.42. The lowest BCUT2D eigenvalue weighted by Crippen LogP contribution is -2.37. The molecule has 0 saturated carbocycles. The Bertz CT molecular complexity index is 341. The van der Waals surface area contributed by atoms with Gasteiger partial charge in [0.15, 0.2) is 0 Å². The molecule has 2 rings (SSSR count). The molecule has 0 radical (unpaired) electrons. The molecule has 1 N–H and O–H groups in total. The molecule has 1 unspecified atom stereocenters. The van der Waals surface area contributed by atoms with Crippen LogP contribution in [0, 0.1) is 11.8 Å². The highest BCUT2D eigenvalue weighted by molar-refractivity contribution is 5.85. The minimum absolute atomic E-state index is 0. The lowest BCUT2D eigenvalue weighted by atomic mass is 10.2. The zero-order valence-corrected chi connectivity index (χ0v) is 8.96. The van der Waals surface area contributed by atoms with E-state index in [1.165, 1.54) is 6.33 Å². The molecule has 1 aliphatic rings. The number of nitrogens with one attached hydrogen (secondary N) is 1. The van der Waals surface area contributed by atoms with E-state index >= 15 is 0 Å². The van der Waals surface area contributed by atoms with Crippen molar-refractivity contribution in [2.75, 3.05) is 19.7 Å². The fourth-order valence-electron chi connectivity index (χ4n) is 1.19. The van der Waals surface area contributed by atoms with Crippen LogP contribution in [0.2, 0.25) is 0 Å². The molecule has 80 valence electrons. The maximum Gasteiger partial charge on any atom is 0.131 e. The lowest BCUT2D eigenvalue weighted by molar-refractivity contribution is 0.0651. The Morgan fingerprint density at radius 3 is 2.87 bits per heavy atom. The van der Waals surface area contributed by atoms with Gasteiger partial charge in [-0.05, 0) is 0 Å². The van der Waals surface area contributed by atoms with Gasteiger partial charge in [0, 0.05) is 25.5 Å². The van der Waals surface area contributed by atoms with E-state index in [2.05, 4.69) is 27.1 Å². The first-order valence-electron chi connectivity index (χ1n) is 4.54. The van der Waals surface area contributed by atoms with Crippen molar-refractivity contribution >= 4 is 12.4 Å². The van der Waals surface area contributed by atoms with Crippen molar-refractivity contribution in [1.82, 2.24) is 15.3 Å². The summed E-state index contributed by atoms with van der Waals surface area (Å²) < 4.78 is 5.42. The highest BCUT2D eigenvalue weighted by atomic mass is 35.5. The second-order valence-electron chi connectivity index (χ2n) is 2.96. The van der Waals surface area contributed by atoms with Crippen molar-refractivity contribution in [2.24, 2.45) is 0 Å². The largest absolute Gasteiger partial charge is 0.363 e. The van der Waals surface area contributed by atoms with Crippen LogP contribution in [-0.2, 0) is 4.74 Å². The summed E-state index contributed by atoms with van der Waals surface area (Å²) in [6.07, 6.45) is 4.86. The summed E-state index contributed by atoms with van der Waals surface area (Å²) in [5.41, 5.74) is 0.821. The van der Waals surface area contributed by atoms with Crippen molar-refractivity contribution in [3.63, 3.8) is 0 Å². The van der Waals surface area contributed by atoms with Gasteiger partial charge >= 0.3 is 0 Å². The Hall–Kier alpha value is -1.15. The Balaban J connectivity index is 0.00000112. The topological polar surface area (TPSA) is 47.0 Å². The average molecular weight is 226 g/mol. The third-order valence-electron chi connectivity index (χ3n) is 1.87. The van der Waals surface area contributed by atoms with Crippen molar-refractivity contribution in [2.45, 2.75) is 6.10 Å². The summed E-state index contributed by atoms with van der Waals surface area (Å²) >= 11 is 0. The number of hydrogen-bond acceptors (Lipinski definition) is 4. The molecule has 1 saturated heterocycles. The molecule has 1 atom stereocenters. The smallest absolute Gasteiger partial charge is 0.131 e. The van der Waals surface area contributed by atoms with Gasteiger partial charge in [-0.3, -0.25) is 0 Å². The molecule has 0 bridgehead atoms. The monoisotopic (exact) mass is 225 g/mol. The quantitative estimate of drug-likeness (QED) is 0.643. The van der Waals surface area contributed by atoms with Crippen molar-refractivity contribution in [1.29, 1.82) is 0 Å². The van der Waals surface area contributed by atoms with Crippen molar-refractivity contribution in [3.05, 3.63) is 24.3 Å². The number of hydrogen-bond donors (Lipinski definition) is 1. The third kappa shape index (κ3) is 3.84. The van der Waals surface area contributed by atoms with Crippen LogP contribution < -0.4 is 5.32 Å². The van der Waals surface area contributed by atoms with Crippen LogP contribution in [0.4, 0.5) is 0 Å². The molecule has 1 aromatic heterocycles. The number of ether oxygens (including phenoxy) is 1. The lowest BCUT2D eigenvalue weighted by Gasteiger charge is -2.18. The van der Waals surface area contributed by atoms with Crippen LogP contribution in [0.25, 0.3) is 0 Å². The molecule has 0 aromatic carbocycles. The summed E-state index contributed by atoms with van der Waals surface area (Å²) in [5, 5.41) is 3.21. The van der Waals surface area contributed by atoms with Gasteiger partial charge in [0.25, 0.3) is 0 Å². The first-order valence-corrected chi connectivity index (χ1v) is 4.54. The van der Waals surface area contributed by atoms with Crippen LogP contribution in [0.3, 0.4) is 0 Å². The van der Waals surface area contributed by atoms with Gasteiger partial charge in [0.2, 0.25) is 0 Å². The van der Waals surface area contributed by atoms with E-state index in [1.807, 2.05) is 0 Å². The van der Waals surface area contributed by atoms with Crippen molar-refractivity contribution in [3.8, 4) is 11.8 Å². The van der Waals surface area contributed by atoms with Gasteiger partial charge in [-0.1, -0.05) is 11.8 Å². The van der Waals surface area contributed by atoms with Crippen LogP contribution in [0.5, 0.6) is 0 Å². The van der Waals surface area contributed by atoms with E-state index in [9.17, 15) is 0 Å². The predicted octanol–water partition coefficient (Wildman–Crippen LogP) is 0.238. The zero-order chi connectivity index (χ0) is 9.64. The van der Waals surface area contributed by atoms with E-state index in [-0.39, 0.29) is 18.5 Å². The number of morpholine rings is 1. The van der Waals surface area contributed by atoms with Crippen LogP contribution in [0.1, 0.15) is 5.56 Å². The standard InChI is InChI=1S/C10H11N3O.ClH/c1(9-5-12-8-13-6-9)2-10-7-11-3-4-14-10;/h5-6,8,10-11H,3-4,7H2;1H. The highest BCUT2D eigenvalue weighted by Crippen LogP contribution is 1.95. The van der Waals surface area contributed by atoms with Crippen LogP contribution in [-0.4, -0.2) is 35.8 Å². The number of rotatable bonds is 0. The van der Waals surface area contributed by atoms with Crippen LogP contribution in [0.15, 0.2) is 18.7 Å². The summed E-state index contributed by atoms with van der Waals surface area (Å²) in [6.45, 7) is 2.43. The van der Waals surface area contributed by atoms with E-state index in [1.54, 1.807) is 12.4 Å². The minimum atomic E-state index is -0.0102. The maximum atomic E-state index is 5.42. The predicted molar refractivity (Wildman–Crippen MR) is 58.8 cm³/mol. The molecule has 1 aromatic rings. The summed E-state index contributed by atoms with van der Waals surface area (Å²) in [6, 6.07) is 0. The Morgan fingerprint density at radius 2 is 2.20 bits per heavy atom. The molecule has 1 aliphatic heterocycles. The molecule has 0 aliphatic carbocycles. The molecule has 1 fully saturated rings. The summed E-state index contributed by atoms with van der Waals surface area (Å²) in [5.74, 6) is 6.00. The van der Waals surface area contributed by atoms with E-state index < -0.39 is 0 Å². The van der Waals surface area contributed by atoms with Crippen molar-refractivity contribution < 1.29 is 4.74 Å². The number of aromatic nitrogens is 2. The zero-order valence-electron chi connectivity index (χ0n) is 8.14. The van der Waals surface area contributed by atoms with E-state index in [0.717, 1.165) is 25.3 Å². The normalized spacial score (nSPS) is 19.6. The minimum Gasteiger partial charge on any atom is -0.363 e. The molecule has 2 heterocycles. The number of halogens is 1. The van der Waals surface area contributed by atoms with Gasteiger partial charge in [0.05, 0.1) is 12.2 Å². The fourth-order valence-corrected chi connectivity index (χ4v) is 1.19. The second kappa shape index (κ2) is 6.36. The van der Waals surface area contributed by atoms with Crippen LogP contribution >= 0.6 is 12.4 Å². The van der Waals surface area contributed by atoms with Gasteiger partial charge in [0.1, 0.15) is 12.4 Å².